The van der Waals surface area contributed by atoms with Gasteiger partial charge >= 0.3 is 0 Å². The van der Waals surface area contributed by atoms with Gasteiger partial charge in [0.25, 0.3) is 0 Å². The molecule has 0 bridgehead atoms. The third-order valence-electron chi connectivity index (χ3n) is 4.71. The van der Waals surface area contributed by atoms with E-state index < -0.39 is 6.10 Å². The molecule has 1 aliphatic heterocycles. The zero-order valence-electron chi connectivity index (χ0n) is 15.6. The van der Waals surface area contributed by atoms with Gasteiger partial charge in [0.1, 0.15) is 0 Å². The number of para-hydroxylation sites is 1. The van der Waals surface area contributed by atoms with Crippen molar-refractivity contribution >= 4 is 0 Å². The average Bonchev–Trinajstić information content (AvgIpc) is 2.59. The molecule has 0 aliphatic carbocycles. The minimum absolute atomic E-state index is 0.0108. The van der Waals surface area contributed by atoms with Crippen LogP contribution in [0.5, 0.6) is 11.5 Å². The zero-order valence-corrected chi connectivity index (χ0v) is 15.6. The number of nitrogens with zero attached hydrogens (tertiary/aromatic N) is 2. The van der Waals surface area contributed by atoms with Crippen LogP contribution in [0.1, 0.15) is 18.4 Å². The third-order valence-corrected chi connectivity index (χ3v) is 4.71. The summed E-state index contributed by atoms with van der Waals surface area (Å²) in [4.78, 5) is 4.34. The highest BCUT2D eigenvalue weighted by Gasteiger charge is 2.27. The predicted molar refractivity (Wildman–Crippen MR) is 98.1 cm³/mol. The summed E-state index contributed by atoms with van der Waals surface area (Å²) in [6, 6.07) is 5.93. The molecule has 25 heavy (non-hydrogen) atoms. The number of piperidine rings is 1. The monoisotopic (exact) mass is 352 g/mol. The van der Waals surface area contributed by atoms with E-state index in [9.17, 15) is 10.2 Å². The summed E-state index contributed by atoms with van der Waals surface area (Å²) >= 11 is 0. The van der Waals surface area contributed by atoms with Crippen LogP contribution in [-0.4, -0.2) is 80.2 Å². The predicted octanol–water partition coefficient (Wildman–Crippen LogP) is 1.20. The standard InChI is InChI=1S/C19H32N2O4/c1-20(2)9-5-11-25-19-15(6-4-7-18(19)24-3)12-21-10-8-16(14-22)17(23)13-21/h4,6-7,16-17,22-23H,5,8-14H2,1-3H3/t16-,17-/m1/s1. The second kappa shape index (κ2) is 9.97. The molecular weight excluding hydrogens is 320 g/mol. The second-order valence-corrected chi connectivity index (χ2v) is 6.99. The van der Waals surface area contributed by atoms with Crippen LogP contribution in [0.25, 0.3) is 0 Å². The molecule has 1 fully saturated rings. The van der Waals surface area contributed by atoms with Crippen LogP contribution in [0.3, 0.4) is 0 Å². The highest BCUT2D eigenvalue weighted by Crippen LogP contribution is 2.33. The summed E-state index contributed by atoms with van der Waals surface area (Å²) in [5.41, 5.74) is 1.07. The Balaban J connectivity index is 2.01. The van der Waals surface area contributed by atoms with Gasteiger partial charge < -0.3 is 24.6 Å². The number of methoxy groups -OCH3 is 1. The lowest BCUT2D eigenvalue weighted by molar-refractivity contribution is -0.00469. The molecule has 6 nitrogen and oxygen atoms in total. The Bertz CT molecular complexity index is 524. The summed E-state index contributed by atoms with van der Waals surface area (Å²) in [6.45, 7) is 3.80. The van der Waals surface area contributed by atoms with Gasteiger partial charge in [-0.3, -0.25) is 4.90 Å². The van der Waals surface area contributed by atoms with E-state index in [-0.39, 0.29) is 12.5 Å². The number of likely N-dealkylation sites (tertiary alicyclic amines) is 1. The summed E-state index contributed by atoms with van der Waals surface area (Å²) in [7, 11) is 5.76. The van der Waals surface area contributed by atoms with Crippen molar-refractivity contribution in [2.45, 2.75) is 25.5 Å². The van der Waals surface area contributed by atoms with Gasteiger partial charge in [-0.15, -0.1) is 0 Å². The molecule has 0 radical (unpaired) electrons. The van der Waals surface area contributed by atoms with Crippen LogP contribution < -0.4 is 9.47 Å². The highest BCUT2D eigenvalue weighted by atomic mass is 16.5. The lowest BCUT2D eigenvalue weighted by atomic mass is 9.94. The highest BCUT2D eigenvalue weighted by molar-refractivity contribution is 5.46. The van der Waals surface area contributed by atoms with Crippen LogP contribution in [0.2, 0.25) is 0 Å². The SMILES string of the molecule is COc1cccc(CN2CC[C@H](CO)[C@H](O)C2)c1OCCCN(C)C. The minimum atomic E-state index is -0.478. The molecule has 1 aliphatic rings. The number of hydrogen-bond acceptors (Lipinski definition) is 6. The fraction of sp³-hybridized carbons (Fsp3) is 0.684. The first-order chi connectivity index (χ1) is 12.0. The molecule has 0 aromatic heterocycles. The first kappa shape index (κ1) is 20.0. The Kier molecular flexibility index (Phi) is 7.96. The Morgan fingerprint density at radius 1 is 1.32 bits per heavy atom. The topological polar surface area (TPSA) is 65.4 Å². The van der Waals surface area contributed by atoms with Gasteiger partial charge in [-0.2, -0.15) is 0 Å². The van der Waals surface area contributed by atoms with Crippen molar-refractivity contribution in [3.05, 3.63) is 23.8 Å². The van der Waals surface area contributed by atoms with Crippen molar-refractivity contribution in [2.75, 3.05) is 54.1 Å². The number of β-amino-alcohol motifs (C(OH)–C–C–N with tert-alkyl or cyclic N) is 1. The van der Waals surface area contributed by atoms with Crippen molar-refractivity contribution in [1.29, 1.82) is 0 Å². The van der Waals surface area contributed by atoms with Crippen LogP contribution in [-0.2, 0) is 6.54 Å². The maximum absolute atomic E-state index is 10.2. The molecule has 2 atom stereocenters. The molecule has 6 heteroatoms. The fourth-order valence-corrected chi connectivity index (χ4v) is 3.21. The number of hydrogen-bond donors (Lipinski definition) is 2. The number of rotatable bonds is 9. The fourth-order valence-electron chi connectivity index (χ4n) is 3.21. The van der Waals surface area contributed by atoms with Crippen LogP contribution >= 0.6 is 0 Å². The van der Waals surface area contributed by atoms with Crippen LogP contribution in [0.4, 0.5) is 0 Å². The van der Waals surface area contributed by atoms with Gasteiger partial charge in [-0.1, -0.05) is 12.1 Å². The maximum Gasteiger partial charge on any atom is 0.165 e. The molecule has 0 spiro atoms. The second-order valence-electron chi connectivity index (χ2n) is 6.99. The van der Waals surface area contributed by atoms with Gasteiger partial charge in [-0.05, 0) is 39.5 Å². The molecule has 1 heterocycles. The molecule has 1 aromatic carbocycles. The van der Waals surface area contributed by atoms with E-state index in [0.717, 1.165) is 43.0 Å². The maximum atomic E-state index is 10.2. The van der Waals surface area contributed by atoms with E-state index in [1.165, 1.54) is 0 Å². The van der Waals surface area contributed by atoms with Crippen LogP contribution in [0, 0.1) is 5.92 Å². The first-order valence-corrected chi connectivity index (χ1v) is 8.99. The molecule has 142 valence electrons. The van der Waals surface area contributed by atoms with Gasteiger partial charge in [0, 0.05) is 37.7 Å². The molecule has 0 saturated carbocycles. The lowest BCUT2D eigenvalue weighted by Gasteiger charge is -2.35. The van der Waals surface area contributed by atoms with Gasteiger partial charge in [0.15, 0.2) is 11.5 Å². The lowest BCUT2D eigenvalue weighted by Crippen LogP contribution is -2.44. The Morgan fingerprint density at radius 3 is 2.76 bits per heavy atom. The van der Waals surface area contributed by atoms with Gasteiger partial charge in [-0.25, -0.2) is 0 Å². The van der Waals surface area contributed by atoms with Crippen molar-refractivity contribution in [2.24, 2.45) is 5.92 Å². The Hall–Kier alpha value is -1.34. The van der Waals surface area contributed by atoms with E-state index in [0.29, 0.717) is 19.7 Å². The number of benzene rings is 1. The quantitative estimate of drug-likeness (QED) is 0.651. The summed E-state index contributed by atoms with van der Waals surface area (Å²) < 4.78 is 11.5. The normalized spacial score (nSPS) is 21.5. The first-order valence-electron chi connectivity index (χ1n) is 8.99. The molecule has 2 N–H and O–H groups in total. The van der Waals surface area contributed by atoms with Gasteiger partial charge in [0.05, 0.1) is 19.8 Å². The smallest absolute Gasteiger partial charge is 0.165 e. The zero-order chi connectivity index (χ0) is 18.2. The minimum Gasteiger partial charge on any atom is -0.493 e. The largest absolute Gasteiger partial charge is 0.493 e. The number of aliphatic hydroxyl groups is 2. The van der Waals surface area contributed by atoms with E-state index in [2.05, 4.69) is 23.9 Å². The molecule has 0 unspecified atom stereocenters. The third kappa shape index (κ3) is 5.85. The van der Waals surface area contributed by atoms with E-state index >= 15 is 0 Å². The molecule has 0 amide bonds. The van der Waals surface area contributed by atoms with E-state index in [4.69, 9.17) is 9.47 Å². The molecule has 2 rings (SSSR count). The number of aliphatic hydroxyl groups excluding tert-OH is 2. The van der Waals surface area contributed by atoms with Crippen molar-refractivity contribution in [1.82, 2.24) is 9.80 Å². The molecule has 1 saturated heterocycles. The van der Waals surface area contributed by atoms with Crippen molar-refractivity contribution in [3.8, 4) is 11.5 Å². The average molecular weight is 352 g/mol. The van der Waals surface area contributed by atoms with Gasteiger partial charge in [0.2, 0.25) is 0 Å². The summed E-state index contributed by atoms with van der Waals surface area (Å²) in [5, 5.41) is 19.4. The molecule has 1 aromatic rings. The summed E-state index contributed by atoms with van der Waals surface area (Å²) in [6.07, 6.45) is 1.28. The van der Waals surface area contributed by atoms with Crippen molar-refractivity contribution in [3.63, 3.8) is 0 Å². The Morgan fingerprint density at radius 2 is 2.12 bits per heavy atom. The molecular formula is C19H32N2O4. The van der Waals surface area contributed by atoms with Crippen molar-refractivity contribution < 1.29 is 19.7 Å². The van der Waals surface area contributed by atoms with Crippen LogP contribution in [0.15, 0.2) is 18.2 Å². The Labute approximate surface area is 151 Å². The number of ether oxygens (including phenoxy) is 2. The van der Waals surface area contributed by atoms with E-state index in [1.54, 1.807) is 7.11 Å². The van der Waals surface area contributed by atoms with E-state index in [1.807, 2.05) is 18.2 Å². The summed E-state index contributed by atoms with van der Waals surface area (Å²) in [5.74, 6) is 1.53.